The molecule has 0 unspecified atom stereocenters. The fourth-order valence-corrected chi connectivity index (χ4v) is 3.35. The topological polar surface area (TPSA) is 77.2 Å². The third-order valence-corrected chi connectivity index (χ3v) is 5.23. The number of rotatable bonds is 6. The standard InChI is InChI=1S/C22H20ClF3N4O3/c1-3-28(4-2)19(31)18-20(32)29(13-14-6-5-7-15(12-14)22(24,25)26)21(33)30(27-18)17-10-8-16(23)9-11-17/h5-12H,3-4,13H2,1-2H3. The Balaban J connectivity index is 2.22. The number of nitrogens with zero attached hydrogens (tertiary/aromatic N) is 4. The maximum atomic E-state index is 13.1. The van der Waals surface area contributed by atoms with Crippen molar-refractivity contribution in [1.29, 1.82) is 0 Å². The lowest BCUT2D eigenvalue weighted by Gasteiger charge is -2.19. The lowest BCUT2D eigenvalue weighted by molar-refractivity contribution is -0.137. The van der Waals surface area contributed by atoms with Crippen LogP contribution >= 0.6 is 11.6 Å². The molecule has 2 aromatic carbocycles. The Morgan fingerprint density at radius 3 is 2.27 bits per heavy atom. The normalized spacial score (nSPS) is 11.5. The van der Waals surface area contributed by atoms with E-state index in [-0.39, 0.29) is 11.3 Å². The van der Waals surface area contributed by atoms with Crippen LogP contribution in [0.4, 0.5) is 13.2 Å². The van der Waals surface area contributed by atoms with Gasteiger partial charge in [0, 0.05) is 18.1 Å². The van der Waals surface area contributed by atoms with Crippen molar-refractivity contribution in [1.82, 2.24) is 19.2 Å². The Labute approximate surface area is 191 Å². The van der Waals surface area contributed by atoms with Crippen LogP contribution in [0.3, 0.4) is 0 Å². The van der Waals surface area contributed by atoms with Crippen LogP contribution in [0.25, 0.3) is 5.69 Å². The van der Waals surface area contributed by atoms with Gasteiger partial charge in [-0.15, -0.1) is 0 Å². The Bertz CT molecular complexity index is 1280. The van der Waals surface area contributed by atoms with Gasteiger partial charge < -0.3 is 4.90 Å². The van der Waals surface area contributed by atoms with E-state index >= 15 is 0 Å². The SMILES string of the molecule is CCN(CC)C(=O)c1nn(-c2ccc(Cl)cc2)c(=O)n(Cc2cccc(C(F)(F)F)c2)c1=O. The van der Waals surface area contributed by atoms with E-state index in [0.29, 0.717) is 22.7 Å². The second kappa shape index (κ2) is 9.62. The van der Waals surface area contributed by atoms with E-state index < -0.39 is 41.1 Å². The van der Waals surface area contributed by atoms with Gasteiger partial charge in [-0.2, -0.15) is 23.0 Å². The molecule has 0 saturated heterocycles. The molecule has 0 atom stereocenters. The number of hydrogen-bond donors (Lipinski definition) is 0. The molecule has 1 heterocycles. The van der Waals surface area contributed by atoms with E-state index in [0.717, 1.165) is 16.8 Å². The molecule has 3 rings (SSSR count). The first kappa shape index (κ1) is 24.2. The monoisotopic (exact) mass is 480 g/mol. The molecule has 174 valence electrons. The van der Waals surface area contributed by atoms with E-state index in [9.17, 15) is 27.6 Å². The van der Waals surface area contributed by atoms with E-state index in [2.05, 4.69) is 5.10 Å². The van der Waals surface area contributed by atoms with Gasteiger partial charge in [0.2, 0.25) is 5.69 Å². The molecule has 0 spiro atoms. The highest BCUT2D eigenvalue weighted by Gasteiger charge is 2.30. The number of amides is 1. The molecule has 0 aliphatic carbocycles. The lowest BCUT2D eigenvalue weighted by atomic mass is 10.1. The summed E-state index contributed by atoms with van der Waals surface area (Å²) in [5, 5.41) is 4.40. The molecule has 0 bridgehead atoms. The first-order valence-electron chi connectivity index (χ1n) is 10.0. The van der Waals surface area contributed by atoms with Crippen molar-refractivity contribution in [2.75, 3.05) is 13.1 Å². The fraction of sp³-hybridized carbons (Fsp3) is 0.273. The molecule has 1 aromatic heterocycles. The van der Waals surface area contributed by atoms with Crippen LogP contribution in [0.2, 0.25) is 5.02 Å². The molecule has 1 amide bonds. The van der Waals surface area contributed by atoms with Crippen molar-refractivity contribution < 1.29 is 18.0 Å². The summed E-state index contributed by atoms with van der Waals surface area (Å²) in [6.07, 6.45) is -4.59. The summed E-state index contributed by atoms with van der Waals surface area (Å²) >= 11 is 5.90. The average molecular weight is 481 g/mol. The zero-order valence-corrected chi connectivity index (χ0v) is 18.5. The second-order valence-corrected chi connectivity index (χ2v) is 7.52. The molecule has 0 N–H and O–H groups in total. The number of halogens is 4. The van der Waals surface area contributed by atoms with Crippen LogP contribution in [-0.2, 0) is 12.7 Å². The van der Waals surface area contributed by atoms with Gasteiger partial charge in [-0.25, -0.2) is 4.79 Å². The minimum atomic E-state index is -4.59. The first-order chi connectivity index (χ1) is 15.6. The maximum absolute atomic E-state index is 13.1. The van der Waals surface area contributed by atoms with E-state index in [1.165, 1.54) is 41.3 Å². The van der Waals surface area contributed by atoms with Gasteiger partial charge in [-0.1, -0.05) is 23.7 Å². The van der Waals surface area contributed by atoms with Crippen molar-refractivity contribution >= 4 is 17.5 Å². The van der Waals surface area contributed by atoms with Crippen LogP contribution in [0.15, 0.2) is 58.1 Å². The zero-order valence-electron chi connectivity index (χ0n) is 17.8. The van der Waals surface area contributed by atoms with E-state index in [4.69, 9.17) is 11.6 Å². The van der Waals surface area contributed by atoms with Crippen LogP contribution in [0.5, 0.6) is 0 Å². The molecule has 0 saturated carbocycles. The lowest BCUT2D eigenvalue weighted by Crippen LogP contribution is -2.46. The van der Waals surface area contributed by atoms with Crippen molar-refractivity contribution in [3.05, 3.63) is 91.2 Å². The summed E-state index contributed by atoms with van der Waals surface area (Å²) in [6.45, 7) is 3.56. The molecule has 0 aliphatic heterocycles. The Kier molecular flexibility index (Phi) is 7.06. The second-order valence-electron chi connectivity index (χ2n) is 7.09. The summed E-state index contributed by atoms with van der Waals surface area (Å²) < 4.78 is 40.9. The van der Waals surface area contributed by atoms with Crippen LogP contribution in [0, 0.1) is 0 Å². The van der Waals surface area contributed by atoms with Crippen LogP contribution in [0.1, 0.15) is 35.5 Å². The third-order valence-electron chi connectivity index (χ3n) is 4.98. The summed E-state index contributed by atoms with van der Waals surface area (Å²) in [4.78, 5) is 40.5. The number of alkyl halides is 3. The maximum Gasteiger partial charge on any atom is 0.416 e. The Morgan fingerprint density at radius 1 is 1.06 bits per heavy atom. The molecular formula is C22H20ClF3N4O3. The minimum Gasteiger partial charge on any atom is -0.338 e. The third kappa shape index (κ3) is 5.16. The summed E-state index contributed by atoms with van der Waals surface area (Å²) in [6, 6.07) is 10.2. The Hall–Kier alpha value is -3.40. The molecule has 7 nitrogen and oxygen atoms in total. The summed E-state index contributed by atoms with van der Waals surface area (Å²) in [7, 11) is 0. The molecule has 3 aromatic rings. The number of carbonyl (C=O) groups excluding carboxylic acids is 1. The van der Waals surface area contributed by atoms with Crippen molar-refractivity contribution in [2.24, 2.45) is 0 Å². The van der Waals surface area contributed by atoms with Gasteiger partial charge in [-0.05, 0) is 55.8 Å². The van der Waals surface area contributed by atoms with Crippen LogP contribution in [-0.4, -0.2) is 38.2 Å². The minimum absolute atomic E-state index is 0.0686. The predicted molar refractivity (Wildman–Crippen MR) is 117 cm³/mol. The highest BCUT2D eigenvalue weighted by molar-refractivity contribution is 6.30. The van der Waals surface area contributed by atoms with Crippen molar-refractivity contribution in [2.45, 2.75) is 26.6 Å². The molecule has 33 heavy (non-hydrogen) atoms. The highest BCUT2D eigenvalue weighted by Crippen LogP contribution is 2.29. The molecule has 0 radical (unpaired) electrons. The Morgan fingerprint density at radius 2 is 1.70 bits per heavy atom. The first-order valence-corrected chi connectivity index (χ1v) is 10.4. The van der Waals surface area contributed by atoms with Crippen molar-refractivity contribution in [3.63, 3.8) is 0 Å². The van der Waals surface area contributed by atoms with Gasteiger partial charge >= 0.3 is 11.9 Å². The van der Waals surface area contributed by atoms with Crippen molar-refractivity contribution in [3.8, 4) is 5.69 Å². The largest absolute Gasteiger partial charge is 0.416 e. The number of aromatic nitrogens is 3. The molecule has 11 heteroatoms. The molecular weight excluding hydrogens is 461 g/mol. The van der Waals surface area contributed by atoms with E-state index in [1.54, 1.807) is 13.8 Å². The fourth-order valence-electron chi connectivity index (χ4n) is 3.23. The number of hydrogen-bond acceptors (Lipinski definition) is 4. The average Bonchev–Trinajstić information content (AvgIpc) is 2.78. The predicted octanol–water partition coefficient (Wildman–Crippen LogP) is 3.60. The zero-order chi connectivity index (χ0) is 24.3. The highest BCUT2D eigenvalue weighted by atomic mass is 35.5. The smallest absolute Gasteiger partial charge is 0.338 e. The molecule has 0 fully saturated rings. The van der Waals surface area contributed by atoms with Crippen LogP contribution < -0.4 is 11.2 Å². The van der Waals surface area contributed by atoms with E-state index in [1.807, 2.05) is 0 Å². The quantitative estimate of drug-likeness (QED) is 0.540. The molecule has 0 aliphatic rings. The van der Waals surface area contributed by atoms with Gasteiger partial charge in [0.25, 0.3) is 11.5 Å². The summed E-state index contributed by atoms with van der Waals surface area (Å²) in [5.74, 6) is -0.689. The van der Waals surface area contributed by atoms with Gasteiger partial charge in [0.1, 0.15) is 0 Å². The number of benzene rings is 2. The number of carbonyl (C=O) groups is 1. The summed E-state index contributed by atoms with van der Waals surface area (Å²) in [5.41, 5.74) is -3.02. The van der Waals surface area contributed by atoms with Gasteiger partial charge in [0.15, 0.2) is 0 Å². The van der Waals surface area contributed by atoms with Gasteiger partial charge in [-0.3, -0.25) is 14.2 Å². The van der Waals surface area contributed by atoms with Gasteiger partial charge in [0.05, 0.1) is 17.8 Å².